The molecule has 0 aromatic carbocycles. The predicted molar refractivity (Wildman–Crippen MR) is 81.7 cm³/mol. The summed E-state index contributed by atoms with van der Waals surface area (Å²) in [6, 6.07) is 0. The van der Waals surface area contributed by atoms with Crippen LogP contribution in [-0.2, 0) is 0 Å². The van der Waals surface area contributed by atoms with Crippen LogP contribution in [0.1, 0.15) is 56.8 Å². The average Bonchev–Trinajstić information content (AvgIpc) is 2.40. The van der Waals surface area contributed by atoms with Gasteiger partial charge in [-0.3, -0.25) is 0 Å². The maximum Gasteiger partial charge on any atom is 0.135 e. The van der Waals surface area contributed by atoms with E-state index in [0.717, 1.165) is 43.0 Å². The SMILES string of the molecule is Cc1c(N)nc(C(C)C)nc1NCC1CCCC(O)C1. The first-order chi connectivity index (χ1) is 9.47. The van der Waals surface area contributed by atoms with Gasteiger partial charge in [-0.25, -0.2) is 9.97 Å². The maximum atomic E-state index is 9.72. The zero-order valence-corrected chi connectivity index (χ0v) is 12.7. The van der Waals surface area contributed by atoms with Gasteiger partial charge >= 0.3 is 0 Å². The lowest BCUT2D eigenvalue weighted by Crippen LogP contribution is -2.25. The quantitative estimate of drug-likeness (QED) is 0.788. The topological polar surface area (TPSA) is 84.1 Å². The van der Waals surface area contributed by atoms with Crippen molar-refractivity contribution in [2.24, 2.45) is 5.92 Å². The van der Waals surface area contributed by atoms with E-state index in [9.17, 15) is 5.11 Å². The molecular formula is C15H26N4O. The van der Waals surface area contributed by atoms with E-state index in [0.29, 0.717) is 11.7 Å². The Morgan fingerprint density at radius 3 is 2.75 bits per heavy atom. The number of nitrogens with two attached hydrogens (primary N) is 1. The van der Waals surface area contributed by atoms with E-state index in [1.54, 1.807) is 0 Å². The first-order valence-electron chi connectivity index (χ1n) is 7.53. The fourth-order valence-electron chi connectivity index (χ4n) is 2.67. The van der Waals surface area contributed by atoms with E-state index < -0.39 is 0 Å². The summed E-state index contributed by atoms with van der Waals surface area (Å²) >= 11 is 0. The van der Waals surface area contributed by atoms with Gasteiger partial charge in [-0.1, -0.05) is 20.3 Å². The number of aliphatic hydroxyl groups excluding tert-OH is 1. The Morgan fingerprint density at radius 1 is 1.35 bits per heavy atom. The minimum Gasteiger partial charge on any atom is -0.393 e. The summed E-state index contributed by atoms with van der Waals surface area (Å²) in [6.45, 7) is 6.90. The minimum absolute atomic E-state index is 0.140. The average molecular weight is 278 g/mol. The number of aliphatic hydroxyl groups is 1. The van der Waals surface area contributed by atoms with Crippen LogP contribution >= 0.6 is 0 Å². The highest BCUT2D eigenvalue weighted by atomic mass is 16.3. The number of anilines is 2. The van der Waals surface area contributed by atoms with Crippen LogP contribution in [0.15, 0.2) is 0 Å². The van der Waals surface area contributed by atoms with Crippen molar-refractivity contribution in [3.63, 3.8) is 0 Å². The summed E-state index contributed by atoms with van der Waals surface area (Å²) in [5.41, 5.74) is 6.87. The lowest BCUT2D eigenvalue weighted by molar-refractivity contribution is 0.104. The lowest BCUT2D eigenvalue weighted by Gasteiger charge is -2.26. The molecule has 5 heteroatoms. The Hall–Kier alpha value is -1.36. The number of nitrogen functional groups attached to an aromatic ring is 1. The molecule has 1 fully saturated rings. The molecule has 1 aliphatic rings. The van der Waals surface area contributed by atoms with E-state index in [4.69, 9.17) is 5.73 Å². The molecule has 2 rings (SSSR count). The fraction of sp³-hybridized carbons (Fsp3) is 0.733. The Kier molecular flexibility index (Phi) is 4.81. The molecule has 112 valence electrons. The van der Waals surface area contributed by atoms with Crippen molar-refractivity contribution in [1.29, 1.82) is 0 Å². The minimum atomic E-state index is -0.140. The monoisotopic (exact) mass is 278 g/mol. The molecule has 5 nitrogen and oxygen atoms in total. The molecule has 0 saturated heterocycles. The van der Waals surface area contributed by atoms with Gasteiger partial charge in [-0.05, 0) is 32.1 Å². The molecule has 0 radical (unpaired) electrons. The highest BCUT2D eigenvalue weighted by Gasteiger charge is 2.20. The van der Waals surface area contributed by atoms with Crippen molar-refractivity contribution >= 4 is 11.6 Å². The highest BCUT2D eigenvalue weighted by molar-refractivity contribution is 5.55. The van der Waals surface area contributed by atoms with Crippen LogP contribution < -0.4 is 11.1 Å². The van der Waals surface area contributed by atoms with Crippen LogP contribution in [0.25, 0.3) is 0 Å². The van der Waals surface area contributed by atoms with Gasteiger partial charge in [-0.15, -0.1) is 0 Å². The number of aromatic nitrogens is 2. The number of nitrogens with zero attached hydrogens (tertiary/aromatic N) is 2. The Bertz CT molecular complexity index is 461. The molecule has 2 unspecified atom stereocenters. The molecule has 4 N–H and O–H groups in total. The fourth-order valence-corrected chi connectivity index (χ4v) is 2.67. The van der Waals surface area contributed by atoms with E-state index in [-0.39, 0.29) is 12.0 Å². The molecular weight excluding hydrogens is 252 g/mol. The summed E-state index contributed by atoms with van der Waals surface area (Å²) in [5, 5.41) is 13.1. The number of rotatable bonds is 4. The van der Waals surface area contributed by atoms with Crippen LogP contribution in [0.3, 0.4) is 0 Å². The summed E-state index contributed by atoms with van der Waals surface area (Å²) in [7, 11) is 0. The largest absolute Gasteiger partial charge is 0.393 e. The molecule has 1 aliphatic carbocycles. The third kappa shape index (κ3) is 3.60. The third-order valence-electron chi connectivity index (χ3n) is 4.03. The van der Waals surface area contributed by atoms with Crippen molar-refractivity contribution in [3.8, 4) is 0 Å². The van der Waals surface area contributed by atoms with Gasteiger partial charge in [0.1, 0.15) is 17.5 Å². The van der Waals surface area contributed by atoms with E-state index in [1.165, 1.54) is 6.42 Å². The van der Waals surface area contributed by atoms with Crippen LogP contribution in [-0.4, -0.2) is 27.7 Å². The normalized spacial score (nSPS) is 23.1. The van der Waals surface area contributed by atoms with Gasteiger partial charge in [-0.2, -0.15) is 0 Å². The number of hydrogen-bond donors (Lipinski definition) is 3. The molecule has 20 heavy (non-hydrogen) atoms. The van der Waals surface area contributed by atoms with Gasteiger partial charge in [0, 0.05) is 18.0 Å². The van der Waals surface area contributed by atoms with Crippen molar-refractivity contribution in [3.05, 3.63) is 11.4 Å². The van der Waals surface area contributed by atoms with Crippen LogP contribution in [0.4, 0.5) is 11.6 Å². The van der Waals surface area contributed by atoms with Gasteiger partial charge in [0.25, 0.3) is 0 Å². The van der Waals surface area contributed by atoms with Crippen molar-refractivity contribution in [2.75, 3.05) is 17.6 Å². The van der Waals surface area contributed by atoms with Gasteiger partial charge < -0.3 is 16.2 Å². The molecule has 0 bridgehead atoms. The zero-order valence-electron chi connectivity index (χ0n) is 12.7. The smallest absolute Gasteiger partial charge is 0.135 e. The Labute approximate surface area is 121 Å². The molecule has 0 amide bonds. The number of nitrogens with one attached hydrogen (secondary N) is 1. The number of hydrogen-bond acceptors (Lipinski definition) is 5. The van der Waals surface area contributed by atoms with Crippen molar-refractivity contribution in [2.45, 2.75) is 58.5 Å². The highest BCUT2D eigenvalue weighted by Crippen LogP contribution is 2.26. The first kappa shape index (κ1) is 15.0. The maximum absolute atomic E-state index is 9.72. The first-order valence-corrected chi connectivity index (χ1v) is 7.53. The molecule has 1 aromatic heterocycles. The standard InChI is InChI=1S/C15H26N4O/c1-9(2)14-18-13(16)10(3)15(19-14)17-8-11-5-4-6-12(20)7-11/h9,11-12,20H,4-8H2,1-3H3,(H3,16,17,18,19). The molecule has 1 saturated carbocycles. The van der Waals surface area contributed by atoms with Gasteiger partial charge in [0.05, 0.1) is 6.10 Å². The predicted octanol–water partition coefficient (Wildman–Crippen LogP) is 2.45. The van der Waals surface area contributed by atoms with E-state index >= 15 is 0 Å². The molecule has 2 atom stereocenters. The second kappa shape index (κ2) is 6.39. The van der Waals surface area contributed by atoms with Crippen LogP contribution in [0, 0.1) is 12.8 Å². The molecule has 0 spiro atoms. The summed E-state index contributed by atoms with van der Waals surface area (Å²) < 4.78 is 0. The van der Waals surface area contributed by atoms with E-state index in [2.05, 4.69) is 29.1 Å². The third-order valence-corrected chi connectivity index (χ3v) is 4.03. The van der Waals surface area contributed by atoms with Gasteiger partial charge in [0.15, 0.2) is 0 Å². The van der Waals surface area contributed by atoms with Gasteiger partial charge in [0.2, 0.25) is 0 Å². The van der Waals surface area contributed by atoms with Crippen molar-refractivity contribution < 1.29 is 5.11 Å². The Balaban J connectivity index is 2.04. The molecule has 0 aliphatic heterocycles. The van der Waals surface area contributed by atoms with Crippen molar-refractivity contribution in [1.82, 2.24) is 9.97 Å². The lowest BCUT2D eigenvalue weighted by atomic mass is 9.87. The summed E-state index contributed by atoms with van der Waals surface area (Å²) in [6.07, 6.45) is 3.95. The zero-order chi connectivity index (χ0) is 14.7. The second-order valence-electron chi connectivity index (χ2n) is 6.16. The summed E-state index contributed by atoms with van der Waals surface area (Å²) in [4.78, 5) is 8.90. The molecule has 1 heterocycles. The Morgan fingerprint density at radius 2 is 2.10 bits per heavy atom. The second-order valence-corrected chi connectivity index (χ2v) is 6.16. The van der Waals surface area contributed by atoms with Crippen LogP contribution in [0.5, 0.6) is 0 Å². The molecule has 1 aromatic rings. The van der Waals surface area contributed by atoms with Crippen LogP contribution in [0.2, 0.25) is 0 Å². The summed E-state index contributed by atoms with van der Waals surface area (Å²) in [5.74, 6) is 2.93. The van der Waals surface area contributed by atoms with E-state index in [1.807, 2.05) is 6.92 Å².